The Morgan fingerprint density at radius 2 is 2.22 bits per heavy atom. The molecule has 4 rings (SSSR count). The Hall–Kier alpha value is -2.87. The van der Waals surface area contributed by atoms with Crippen molar-refractivity contribution in [2.24, 2.45) is 0 Å². The number of ether oxygens (including phenoxy) is 1. The maximum absolute atomic E-state index is 12.3. The van der Waals surface area contributed by atoms with Crippen LogP contribution in [0.3, 0.4) is 0 Å². The Kier molecular flexibility index (Phi) is 4.81. The fraction of sp³-hybridized carbons (Fsp3) is 0.316. The van der Waals surface area contributed by atoms with Crippen molar-refractivity contribution in [2.75, 3.05) is 23.4 Å². The van der Waals surface area contributed by atoms with Gasteiger partial charge in [-0.2, -0.15) is 0 Å². The van der Waals surface area contributed by atoms with Crippen molar-refractivity contribution in [1.82, 2.24) is 5.32 Å². The number of thiophene rings is 1. The molecule has 0 bridgehead atoms. The highest BCUT2D eigenvalue weighted by molar-refractivity contribution is 7.09. The number of anilines is 2. The first kappa shape index (κ1) is 17.5. The van der Waals surface area contributed by atoms with E-state index >= 15 is 0 Å². The van der Waals surface area contributed by atoms with Gasteiger partial charge in [-0.15, -0.1) is 11.3 Å². The standard InChI is InChI=1S/C19H19N3O4S/c23-17(20-10-13-3-2-8-27-13)11-26-19(25)12-5-6-15-14(9-12)21-18(24)16-4-1-7-22(15)16/h2-3,5-6,8-9,16H,1,4,7,10-11H2,(H,20,23)(H,21,24)/t16-/m0/s1. The summed E-state index contributed by atoms with van der Waals surface area (Å²) in [6, 6.07) is 8.79. The van der Waals surface area contributed by atoms with Crippen LogP contribution in [0.1, 0.15) is 28.1 Å². The van der Waals surface area contributed by atoms with Crippen LogP contribution >= 0.6 is 11.3 Å². The molecule has 1 aromatic heterocycles. The van der Waals surface area contributed by atoms with Crippen LogP contribution in [0, 0.1) is 0 Å². The minimum atomic E-state index is -0.595. The van der Waals surface area contributed by atoms with Crippen LogP contribution in [0.25, 0.3) is 0 Å². The number of carbonyl (C=O) groups excluding carboxylic acids is 3. The van der Waals surface area contributed by atoms with Crippen molar-refractivity contribution in [3.05, 3.63) is 46.2 Å². The molecule has 2 N–H and O–H groups in total. The summed E-state index contributed by atoms with van der Waals surface area (Å²) in [5.41, 5.74) is 1.83. The van der Waals surface area contributed by atoms with Crippen LogP contribution < -0.4 is 15.5 Å². The van der Waals surface area contributed by atoms with E-state index < -0.39 is 5.97 Å². The first-order chi connectivity index (χ1) is 13.1. The molecule has 0 radical (unpaired) electrons. The quantitative estimate of drug-likeness (QED) is 0.770. The molecule has 1 saturated heterocycles. The molecule has 1 atom stereocenters. The second-order valence-corrected chi connectivity index (χ2v) is 7.54. The normalized spacial score (nSPS) is 17.7. The minimum absolute atomic E-state index is 0.0431. The number of benzene rings is 1. The van der Waals surface area contributed by atoms with Gasteiger partial charge < -0.3 is 20.3 Å². The van der Waals surface area contributed by atoms with E-state index in [2.05, 4.69) is 15.5 Å². The molecule has 8 heteroatoms. The molecular weight excluding hydrogens is 366 g/mol. The van der Waals surface area contributed by atoms with E-state index in [-0.39, 0.29) is 24.5 Å². The van der Waals surface area contributed by atoms with E-state index in [1.54, 1.807) is 23.5 Å². The summed E-state index contributed by atoms with van der Waals surface area (Å²) < 4.78 is 5.09. The van der Waals surface area contributed by atoms with Gasteiger partial charge in [-0.05, 0) is 42.5 Å². The average molecular weight is 385 g/mol. The van der Waals surface area contributed by atoms with E-state index in [1.807, 2.05) is 23.6 Å². The topological polar surface area (TPSA) is 87.7 Å². The number of hydrogen-bond acceptors (Lipinski definition) is 6. The number of nitrogens with zero attached hydrogens (tertiary/aromatic N) is 1. The lowest BCUT2D eigenvalue weighted by atomic mass is 10.1. The van der Waals surface area contributed by atoms with Crippen LogP contribution in [-0.2, 0) is 20.9 Å². The zero-order valence-corrected chi connectivity index (χ0v) is 15.4. The third-order valence-corrected chi connectivity index (χ3v) is 5.61. The molecule has 0 spiro atoms. The van der Waals surface area contributed by atoms with E-state index in [1.165, 1.54) is 0 Å². The highest BCUT2D eigenvalue weighted by atomic mass is 32.1. The first-order valence-electron chi connectivity index (χ1n) is 8.79. The monoisotopic (exact) mass is 385 g/mol. The number of carbonyl (C=O) groups is 3. The molecule has 0 aliphatic carbocycles. The Bertz CT molecular complexity index is 881. The Labute approximate surface area is 160 Å². The molecule has 2 aliphatic heterocycles. The second-order valence-electron chi connectivity index (χ2n) is 6.50. The fourth-order valence-electron chi connectivity index (χ4n) is 3.42. The van der Waals surface area contributed by atoms with Gasteiger partial charge in [0.05, 0.1) is 23.5 Å². The highest BCUT2D eigenvalue weighted by Gasteiger charge is 2.36. The summed E-state index contributed by atoms with van der Waals surface area (Å²) in [7, 11) is 0. The van der Waals surface area contributed by atoms with E-state index in [0.717, 1.165) is 30.0 Å². The van der Waals surface area contributed by atoms with Gasteiger partial charge in [-0.25, -0.2) is 4.79 Å². The SMILES string of the molecule is O=C(COC(=O)c1ccc2c(c1)NC(=O)[C@@H]1CCCN21)NCc1cccs1. The van der Waals surface area contributed by atoms with Gasteiger partial charge in [-0.3, -0.25) is 9.59 Å². The maximum Gasteiger partial charge on any atom is 0.338 e. The number of rotatable bonds is 5. The number of amides is 2. The van der Waals surface area contributed by atoms with Gasteiger partial charge >= 0.3 is 5.97 Å². The predicted molar refractivity (Wildman–Crippen MR) is 102 cm³/mol. The third-order valence-electron chi connectivity index (χ3n) is 4.73. The Morgan fingerprint density at radius 3 is 3.04 bits per heavy atom. The second kappa shape index (κ2) is 7.40. The zero-order valence-electron chi connectivity index (χ0n) is 14.6. The van der Waals surface area contributed by atoms with Crippen molar-refractivity contribution >= 4 is 40.5 Å². The van der Waals surface area contributed by atoms with Crippen LogP contribution in [0.15, 0.2) is 35.7 Å². The van der Waals surface area contributed by atoms with Crippen LogP contribution in [0.2, 0.25) is 0 Å². The summed E-state index contributed by atoms with van der Waals surface area (Å²) in [6.45, 7) is 0.900. The lowest BCUT2D eigenvalue weighted by Gasteiger charge is -2.33. The van der Waals surface area contributed by atoms with Crippen LogP contribution in [-0.4, -0.2) is 37.0 Å². The van der Waals surface area contributed by atoms with Crippen LogP contribution in [0.4, 0.5) is 11.4 Å². The number of fused-ring (bicyclic) bond motifs is 3. The molecule has 2 aromatic rings. The molecule has 2 aliphatic rings. The molecule has 7 nitrogen and oxygen atoms in total. The predicted octanol–water partition coefficient (Wildman–Crippen LogP) is 2.14. The largest absolute Gasteiger partial charge is 0.452 e. The van der Waals surface area contributed by atoms with Gasteiger partial charge in [0.1, 0.15) is 6.04 Å². The Balaban J connectivity index is 1.36. The minimum Gasteiger partial charge on any atom is -0.452 e. The van der Waals surface area contributed by atoms with Crippen molar-refractivity contribution in [3.8, 4) is 0 Å². The van der Waals surface area contributed by atoms with Crippen molar-refractivity contribution in [3.63, 3.8) is 0 Å². The molecule has 27 heavy (non-hydrogen) atoms. The van der Waals surface area contributed by atoms with Crippen LogP contribution in [0.5, 0.6) is 0 Å². The van der Waals surface area contributed by atoms with E-state index in [4.69, 9.17) is 4.74 Å². The lowest BCUT2D eigenvalue weighted by Crippen LogP contribution is -2.43. The summed E-state index contributed by atoms with van der Waals surface area (Å²) in [6.07, 6.45) is 1.82. The molecule has 0 unspecified atom stereocenters. The average Bonchev–Trinajstić information content (AvgIpc) is 3.36. The zero-order chi connectivity index (χ0) is 18.8. The smallest absolute Gasteiger partial charge is 0.338 e. The van der Waals surface area contributed by atoms with E-state index in [9.17, 15) is 14.4 Å². The highest BCUT2D eigenvalue weighted by Crippen LogP contribution is 2.37. The van der Waals surface area contributed by atoms with Crippen molar-refractivity contribution in [2.45, 2.75) is 25.4 Å². The fourth-order valence-corrected chi connectivity index (χ4v) is 4.07. The molecule has 0 saturated carbocycles. The van der Waals surface area contributed by atoms with Gasteiger partial charge in [0.15, 0.2) is 6.61 Å². The number of esters is 1. The Morgan fingerprint density at radius 1 is 1.33 bits per heavy atom. The van der Waals surface area contributed by atoms with Crippen molar-refractivity contribution < 1.29 is 19.1 Å². The molecule has 1 fully saturated rings. The van der Waals surface area contributed by atoms with Gasteiger partial charge in [-0.1, -0.05) is 6.07 Å². The molecule has 2 amide bonds. The first-order valence-corrected chi connectivity index (χ1v) is 9.67. The summed E-state index contributed by atoms with van der Waals surface area (Å²) >= 11 is 1.54. The molecule has 1 aromatic carbocycles. The third kappa shape index (κ3) is 3.66. The lowest BCUT2D eigenvalue weighted by molar-refractivity contribution is -0.124. The van der Waals surface area contributed by atoms with Gasteiger partial charge in [0, 0.05) is 11.4 Å². The van der Waals surface area contributed by atoms with E-state index in [0.29, 0.717) is 17.8 Å². The van der Waals surface area contributed by atoms with Crippen molar-refractivity contribution in [1.29, 1.82) is 0 Å². The summed E-state index contributed by atoms with van der Waals surface area (Å²) in [4.78, 5) is 39.4. The molecular formula is C19H19N3O4S. The maximum atomic E-state index is 12.3. The number of hydrogen-bond donors (Lipinski definition) is 2. The number of nitrogens with one attached hydrogen (secondary N) is 2. The molecule has 140 valence electrons. The summed E-state index contributed by atoms with van der Waals surface area (Å²) in [5, 5.41) is 7.50. The molecule has 3 heterocycles. The summed E-state index contributed by atoms with van der Waals surface area (Å²) in [5.74, 6) is -0.997. The van der Waals surface area contributed by atoms with Gasteiger partial charge in [0.25, 0.3) is 5.91 Å². The van der Waals surface area contributed by atoms with Gasteiger partial charge in [0.2, 0.25) is 5.91 Å².